The molecule has 2 aliphatic rings. The van der Waals surface area contributed by atoms with Gasteiger partial charge < -0.3 is 19.4 Å². The lowest BCUT2D eigenvalue weighted by Gasteiger charge is -2.32. The summed E-state index contributed by atoms with van der Waals surface area (Å²) in [5.41, 5.74) is 1.93. The van der Waals surface area contributed by atoms with Crippen LogP contribution in [0.1, 0.15) is 38.7 Å². The molecule has 3 rings (SSSR count). The number of ether oxygens (including phenoxy) is 1. The first kappa shape index (κ1) is 23.8. The minimum Gasteiger partial charge on any atom is -0.466 e. The smallest absolute Gasteiger partial charge is 0.309 e. The first-order chi connectivity index (χ1) is 15.3. The van der Waals surface area contributed by atoms with Crippen LogP contribution in [-0.4, -0.2) is 73.3 Å². The third-order valence-electron chi connectivity index (χ3n) is 6.35. The molecule has 2 fully saturated rings. The maximum Gasteiger partial charge on any atom is 0.309 e. The minimum atomic E-state index is -0.459. The van der Waals surface area contributed by atoms with Crippen molar-refractivity contribution in [2.45, 2.75) is 39.5 Å². The zero-order valence-corrected chi connectivity index (χ0v) is 19.2. The number of carbonyl (C=O) groups is 4. The standard InChI is InChI=1S/C24H33N3O5/c1-4-17-8-6-7-9-20(17)27-15-19(14-21(27)28)23(30)25(3)16-22(29)26-12-10-18(11-13-26)24(31)32-5-2/h6-9,18-19H,4-5,10-16H2,1-3H3. The number of nitrogens with zero attached hydrogens (tertiary/aromatic N) is 3. The second-order valence-electron chi connectivity index (χ2n) is 8.49. The monoisotopic (exact) mass is 443 g/mol. The van der Waals surface area contributed by atoms with Crippen LogP contribution in [0, 0.1) is 11.8 Å². The van der Waals surface area contributed by atoms with E-state index in [0.29, 0.717) is 39.1 Å². The quantitative estimate of drug-likeness (QED) is 0.601. The van der Waals surface area contributed by atoms with Gasteiger partial charge in [0.1, 0.15) is 0 Å². The lowest BCUT2D eigenvalue weighted by molar-refractivity contribution is -0.151. The molecule has 0 bridgehead atoms. The number of para-hydroxylation sites is 1. The van der Waals surface area contributed by atoms with Gasteiger partial charge in [-0.3, -0.25) is 19.2 Å². The molecule has 0 aliphatic carbocycles. The largest absolute Gasteiger partial charge is 0.466 e. The summed E-state index contributed by atoms with van der Waals surface area (Å²) in [4.78, 5) is 55.0. The van der Waals surface area contributed by atoms with Gasteiger partial charge in [0.05, 0.1) is 25.0 Å². The van der Waals surface area contributed by atoms with Gasteiger partial charge in [0, 0.05) is 38.8 Å². The van der Waals surface area contributed by atoms with Crippen molar-refractivity contribution in [2.75, 3.05) is 44.7 Å². The molecule has 1 unspecified atom stereocenters. The van der Waals surface area contributed by atoms with Crippen LogP contribution in [0.5, 0.6) is 0 Å². The normalized spacial score (nSPS) is 19.2. The number of hydrogen-bond donors (Lipinski definition) is 0. The molecule has 1 aromatic carbocycles. The molecule has 3 amide bonds. The lowest BCUT2D eigenvalue weighted by atomic mass is 9.97. The van der Waals surface area contributed by atoms with Crippen molar-refractivity contribution in [3.8, 4) is 0 Å². The molecule has 0 N–H and O–H groups in total. The SMILES string of the molecule is CCOC(=O)C1CCN(C(=O)CN(C)C(=O)C2CC(=O)N(c3ccccc3CC)C2)CC1. The summed E-state index contributed by atoms with van der Waals surface area (Å²) in [6.45, 7) is 5.44. The highest BCUT2D eigenvalue weighted by molar-refractivity contribution is 6.01. The van der Waals surface area contributed by atoms with Crippen LogP contribution >= 0.6 is 0 Å². The molecule has 32 heavy (non-hydrogen) atoms. The van der Waals surface area contributed by atoms with Crippen LogP contribution in [0.2, 0.25) is 0 Å². The highest BCUT2D eigenvalue weighted by atomic mass is 16.5. The number of anilines is 1. The van der Waals surface area contributed by atoms with E-state index in [2.05, 4.69) is 0 Å². The van der Waals surface area contributed by atoms with Gasteiger partial charge in [-0.2, -0.15) is 0 Å². The molecule has 1 aromatic rings. The van der Waals surface area contributed by atoms with E-state index in [1.807, 2.05) is 31.2 Å². The fourth-order valence-corrected chi connectivity index (χ4v) is 4.50. The number of piperidine rings is 1. The van der Waals surface area contributed by atoms with Crippen LogP contribution < -0.4 is 4.90 Å². The topological polar surface area (TPSA) is 87.2 Å². The maximum atomic E-state index is 13.0. The Morgan fingerprint density at radius 3 is 2.44 bits per heavy atom. The third kappa shape index (κ3) is 5.29. The third-order valence-corrected chi connectivity index (χ3v) is 6.35. The lowest BCUT2D eigenvalue weighted by Crippen LogP contribution is -2.46. The van der Waals surface area contributed by atoms with Crippen molar-refractivity contribution in [3.63, 3.8) is 0 Å². The Bertz CT molecular complexity index is 863. The van der Waals surface area contributed by atoms with Crippen molar-refractivity contribution in [1.82, 2.24) is 9.80 Å². The second kappa shape index (κ2) is 10.6. The van der Waals surface area contributed by atoms with Crippen LogP contribution in [0.4, 0.5) is 5.69 Å². The van der Waals surface area contributed by atoms with E-state index in [-0.39, 0.29) is 42.6 Å². The molecule has 8 heteroatoms. The summed E-state index contributed by atoms with van der Waals surface area (Å²) in [5.74, 6) is -1.22. The number of aryl methyl sites for hydroxylation is 1. The molecular weight excluding hydrogens is 410 g/mol. The van der Waals surface area contributed by atoms with Crippen molar-refractivity contribution in [2.24, 2.45) is 11.8 Å². The summed E-state index contributed by atoms with van der Waals surface area (Å²) >= 11 is 0. The fourth-order valence-electron chi connectivity index (χ4n) is 4.50. The molecule has 2 saturated heterocycles. The number of carbonyl (C=O) groups excluding carboxylic acids is 4. The highest BCUT2D eigenvalue weighted by Crippen LogP contribution is 2.29. The zero-order valence-electron chi connectivity index (χ0n) is 19.2. The van der Waals surface area contributed by atoms with Crippen molar-refractivity contribution in [3.05, 3.63) is 29.8 Å². The van der Waals surface area contributed by atoms with Crippen molar-refractivity contribution < 1.29 is 23.9 Å². The molecule has 2 aliphatic heterocycles. The Kier molecular flexibility index (Phi) is 7.88. The van der Waals surface area contributed by atoms with Gasteiger partial charge in [-0.15, -0.1) is 0 Å². The average molecular weight is 444 g/mol. The van der Waals surface area contributed by atoms with E-state index in [1.165, 1.54) is 4.90 Å². The van der Waals surface area contributed by atoms with E-state index < -0.39 is 5.92 Å². The number of esters is 1. The molecule has 0 spiro atoms. The molecule has 174 valence electrons. The summed E-state index contributed by atoms with van der Waals surface area (Å²) < 4.78 is 5.07. The Hall–Kier alpha value is -2.90. The fraction of sp³-hybridized carbons (Fsp3) is 0.583. The predicted molar refractivity (Wildman–Crippen MR) is 120 cm³/mol. The Labute approximate surface area is 189 Å². The molecular formula is C24H33N3O5. The van der Waals surface area contributed by atoms with E-state index in [1.54, 1.807) is 23.8 Å². The molecule has 2 heterocycles. The molecule has 0 aromatic heterocycles. The van der Waals surface area contributed by atoms with E-state index in [9.17, 15) is 19.2 Å². The number of likely N-dealkylation sites (tertiary alicyclic amines) is 1. The first-order valence-electron chi connectivity index (χ1n) is 11.4. The summed E-state index contributed by atoms with van der Waals surface area (Å²) in [6, 6.07) is 7.75. The van der Waals surface area contributed by atoms with Crippen molar-refractivity contribution >= 4 is 29.4 Å². The second-order valence-corrected chi connectivity index (χ2v) is 8.49. The van der Waals surface area contributed by atoms with Gasteiger partial charge in [-0.05, 0) is 37.8 Å². The minimum absolute atomic E-state index is 0.0286. The maximum absolute atomic E-state index is 13.0. The number of likely N-dealkylation sites (N-methyl/N-ethyl adjacent to an activating group) is 1. The molecule has 8 nitrogen and oxygen atoms in total. The van der Waals surface area contributed by atoms with Gasteiger partial charge in [0.25, 0.3) is 0 Å². The molecule has 1 atom stereocenters. The number of rotatable bonds is 7. The van der Waals surface area contributed by atoms with Gasteiger partial charge in [-0.25, -0.2) is 0 Å². The van der Waals surface area contributed by atoms with Gasteiger partial charge in [0.2, 0.25) is 17.7 Å². The summed E-state index contributed by atoms with van der Waals surface area (Å²) in [5, 5.41) is 0. The Morgan fingerprint density at radius 2 is 1.78 bits per heavy atom. The summed E-state index contributed by atoms with van der Waals surface area (Å²) in [6.07, 6.45) is 2.11. The van der Waals surface area contributed by atoms with Crippen LogP contribution in [0.3, 0.4) is 0 Å². The molecule has 0 saturated carbocycles. The Balaban J connectivity index is 1.53. The van der Waals surface area contributed by atoms with E-state index >= 15 is 0 Å². The number of amides is 3. The van der Waals surface area contributed by atoms with Gasteiger partial charge in [0.15, 0.2) is 0 Å². The highest BCUT2D eigenvalue weighted by Gasteiger charge is 2.38. The van der Waals surface area contributed by atoms with Crippen LogP contribution in [0.15, 0.2) is 24.3 Å². The zero-order chi connectivity index (χ0) is 23.3. The summed E-state index contributed by atoms with van der Waals surface area (Å²) in [7, 11) is 1.61. The molecule has 0 radical (unpaired) electrons. The van der Waals surface area contributed by atoms with Crippen molar-refractivity contribution in [1.29, 1.82) is 0 Å². The van der Waals surface area contributed by atoms with Crippen LogP contribution in [-0.2, 0) is 30.3 Å². The first-order valence-corrected chi connectivity index (χ1v) is 11.4. The van der Waals surface area contributed by atoms with Crippen LogP contribution in [0.25, 0.3) is 0 Å². The van der Waals surface area contributed by atoms with Gasteiger partial charge in [-0.1, -0.05) is 25.1 Å². The Morgan fingerprint density at radius 1 is 1.09 bits per heavy atom. The van der Waals surface area contributed by atoms with Gasteiger partial charge >= 0.3 is 5.97 Å². The van der Waals surface area contributed by atoms with E-state index in [4.69, 9.17) is 4.74 Å². The predicted octanol–water partition coefficient (Wildman–Crippen LogP) is 1.86. The number of benzene rings is 1. The average Bonchev–Trinajstić information content (AvgIpc) is 3.19. The van der Waals surface area contributed by atoms with E-state index in [0.717, 1.165) is 17.7 Å². The number of hydrogen-bond acceptors (Lipinski definition) is 5.